The normalized spacial score (nSPS) is 12.2. The van der Waals surface area contributed by atoms with Crippen LogP contribution in [0, 0.1) is 0 Å². The topological polar surface area (TPSA) is 62.2 Å². The van der Waals surface area contributed by atoms with Gasteiger partial charge < -0.3 is 10.4 Å². The maximum Gasteiger partial charge on any atom is 0.254 e. The number of rotatable bonds is 4. The monoisotopic (exact) mass is 272 g/mol. The van der Waals surface area contributed by atoms with Crippen LogP contribution in [0.5, 0.6) is 0 Å². The fourth-order valence-electron chi connectivity index (χ4n) is 1.10. The van der Waals surface area contributed by atoms with Gasteiger partial charge in [-0.15, -0.1) is 0 Å². The van der Waals surface area contributed by atoms with Gasteiger partial charge in [0.05, 0.1) is 18.2 Å². The van der Waals surface area contributed by atoms with Crippen molar-refractivity contribution in [3.63, 3.8) is 0 Å². The zero-order chi connectivity index (χ0) is 11.3. The molecule has 0 fully saturated rings. The summed E-state index contributed by atoms with van der Waals surface area (Å²) in [6.07, 6.45) is 2.30. The van der Waals surface area contributed by atoms with E-state index in [1.807, 2.05) is 6.92 Å². The van der Waals surface area contributed by atoms with Crippen LogP contribution in [-0.2, 0) is 0 Å². The van der Waals surface area contributed by atoms with Crippen molar-refractivity contribution in [2.24, 2.45) is 0 Å². The molecule has 15 heavy (non-hydrogen) atoms. The highest BCUT2D eigenvalue weighted by atomic mass is 79.9. The molecule has 1 heterocycles. The molecule has 0 saturated carbocycles. The second-order valence-electron chi connectivity index (χ2n) is 3.10. The number of carbonyl (C=O) groups is 1. The highest BCUT2D eigenvalue weighted by Crippen LogP contribution is 2.12. The van der Waals surface area contributed by atoms with E-state index in [-0.39, 0.29) is 18.6 Å². The second kappa shape index (κ2) is 5.82. The van der Waals surface area contributed by atoms with E-state index in [0.717, 1.165) is 0 Å². The highest BCUT2D eigenvalue weighted by molar-refractivity contribution is 9.10. The first-order valence-corrected chi connectivity index (χ1v) is 5.50. The van der Waals surface area contributed by atoms with Crippen LogP contribution >= 0.6 is 15.9 Å². The summed E-state index contributed by atoms with van der Waals surface area (Å²) < 4.78 is 0.510. The van der Waals surface area contributed by atoms with Gasteiger partial charge in [0.25, 0.3) is 5.91 Å². The molecule has 0 bridgehead atoms. The van der Waals surface area contributed by atoms with E-state index in [9.17, 15) is 4.79 Å². The molecule has 5 heteroatoms. The molecule has 1 atom stereocenters. The molecule has 0 unspecified atom stereocenters. The van der Waals surface area contributed by atoms with Crippen molar-refractivity contribution in [1.29, 1.82) is 0 Å². The number of halogens is 1. The molecule has 1 amide bonds. The highest BCUT2D eigenvalue weighted by Gasteiger charge is 2.13. The number of hydrogen-bond donors (Lipinski definition) is 2. The first-order chi connectivity index (χ1) is 7.19. The van der Waals surface area contributed by atoms with Gasteiger partial charge in [0.15, 0.2) is 0 Å². The largest absolute Gasteiger partial charge is 0.394 e. The minimum Gasteiger partial charge on any atom is -0.394 e. The molecule has 0 aliphatic carbocycles. The van der Waals surface area contributed by atoms with Crippen LogP contribution in [0.1, 0.15) is 23.7 Å². The number of nitrogens with one attached hydrogen (secondary N) is 1. The zero-order valence-corrected chi connectivity index (χ0v) is 9.99. The van der Waals surface area contributed by atoms with Crippen LogP contribution in [0.4, 0.5) is 0 Å². The number of pyridine rings is 1. The minimum absolute atomic E-state index is 0.0554. The van der Waals surface area contributed by atoms with Gasteiger partial charge in [0.1, 0.15) is 4.60 Å². The number of nitrogens with zero attached hydrogens (tertiary/aromatic N) is 1. The average molecular weight is 273 g/mol. The van der Waals surface area contributed by atoms with E-state index in [1.165, 1.54) is 0 Å². The Morgan fingerprint density at radius 3 is 3.00 bits per heavy atom. The third-order valence-corrected chi connectivity index (χ3v) is 2.68. The molecule has 2 N–H and O–H groups in total. The van der Waals surface area contributed by atoms with Crippen molar-refractivity contribution in [2.75, 3.05) is 6.61 Å². The van der Waals surface area contributed by atoms with Crippen LogP contribution in [0.25, 0.3) is 0 Å². The van der Waals surface area contributed by atoms with Crippen LogP contribution in [0.3, 0.4) is 0 Å². The average Bonchev–Trinajstić information content (AvgIpc) is 2.26. The van der Waals surface area contributed by atoms with Gasteiger partial charge in [-0.25, -0.2) is 4.98 Å². The Morgan fingerprint density at radius 2 is 2.47 bits per heavy atom. The molecule has 4 nitrogen and oxygen atoms in total. The summed E-state index contributed by atoms with van der Waals surface area (Å²) in [6.45, 7) is 1.85. The summed E-state index contributed by atoms with van der Waals surface area (Å²) in [7, 11) is 0. The van der Waals surface area contributed by atoms with Gasteiger partial charge in [0.2, 0.25) is 0 Å². The smallest absolute Gasteiger partial charge is 0.254 e. The zero-order valence-electron chi connectivity index (χ0n) is 8.40. The number of hydrogen-bond acceptors (Lipinski definition) is 3. The predicted molar refractivity (Wildman–Crippen MR) is 60.6 cm³/mol. The number of aliphatic hydroxyl groups excluding tert-OH is 1. The standard InChI is InChI=1S/C10H13BrN2O2/c1-2-7(6-14)13-10(15)8-4-3-5-12-9(8)11/h3-5,7,14H,2,6H2,1H3,(H,13,15)/t7-/m0/s1. The Kier molecular flexibility index (Phi) is 4.71. The minimum atomic E-state index is -0.226. The first-order valence-electron chi connectivity index (χ1n) is 4.71. The molecular weight excluding hydrogens is 260 g/mol. The summed E-state index contributed by atoms with van der Waals surface area (Å²) in [6, 6.07) is 3.17. The predicted octanol–water partition coefficient (Wildman–Crippen LogP) is 1.34. The molecule has 1 rings (SSSR count). The summed E-state index contributed by atoms with van der Waals surface area (Å²) in [5.74, 6) is -0.226. The second-order valence-corrected chi connectivity index (χ2v) is 3.85. The summed E-state index contributed by atoms with van der Waals surface area (Å²) in [4.78, 5) is 15.7. The quantitative estimate of drug-likeness (QED) is 0.814. The van der Waals surface area contributed by atoms with Gasteiger partial charge in [-0.05, 0) is 34.5 Å². The molecule has 82 valence electrons. The Morgan fingerprint density at radius 1 is 1.73 bits per heavy atom. The number of aromatic nitrogens is 1. The van der Waals surface area contributed by atoms with Crippen LogP contribution in [0.2, 0.25) is 0 Å². The molecule has 0 aliphatic heterocycles. The van der Waals surface area contributed by atoms with Gasteiger partial charge in [-0.1, -0.05) is 6.92 Å². The van der Waals surface area contributed by atoms with E-state index in [1.54, 1.807) is 18.3 Å². The van der Waals surface area contributed by atoms with Crippen molar-refractivity contribution < 1.29 is 9.90 Å². The van der Waals surface area contributed by atoms with E-state index >= 15 is 0 Å². The summed E-state index contributed by atoms with van der Waals surface area (Å²) in [5.41, 5.74) is 0.476. The van der Waals surface area contributed by atoms with Crippen LogP contribution in [-0.4, -0.2) is 28.6 Å². The van der Waals surface area contributed by atoms with E-state index < -0.39 is 0 Å². The molecule has 0 spiro atoms. The Hall–Kier alpha value is -0.940. The summed E-state index contributed by atoms with van der Waals surface area (Å²) in [5, 5.41) is 11.7. The third kappa shape index (κ3) is 3.28. The van der Waals surface area contributed by atoms with Crippen molar-refractivity contribution in [3.8, 4) is 0 Å². The summed E-state index contributed by atoms with van der Waals surface area (Å²) >= 11 is 3.20. The van der Waals surface area contributed by atoms with Crippen LogP contribution < -0.4 is 5.32 Å². The number of aliphatic hydroxyl groups is 1. The molecule has 0 radical (unpaired) electrons. The van der Waals surface area contributed by atoms with E-state index in [0.29, 0.717) is 16.6 Å². The lowest BCUT2D eigenvalue weighted by Crippen LogP contribution is -2.37. The SMILES string of the molecule is CC[C@@H](CO)NC(=O)c1cccnc1Br. The number of amides is 1. The Bertz CT molecular complexity index is 340. The Balaban J connectivity index is 2.73. The van der Waals surface area contributed by atoms with Crippen LogP contribution in [0.15, 0.2) is 22.9 Å². The van der Waals surface area contributed by atoms with Crippen molar-refractivity contribution in [1.82, 2.24) is 10.3 Å². The van der Waals surface area contributed by atoms with Gasteiger partial charge in [-0.2, -0.15) is 0 Å². The first kappa shape index (κ1) is 12.1. The number of carbonyl (C=O) groups excluding carboxylic acids is 1. The maximum atomic E-state index is 11.7. The van der Waals surface area contributed by atoms with Gasteiger partial charge in [-0.3, -0.25) is 4.79 Å². The maximum absolute atomic E-state index is 11.7. The lowest BCUT2D eigenvalue weighted by molar-refractivity contribution is 0.0913. The Labute approximate surface area is 96.8 Å². The lowest BCUT2D eigenvalue weighted by Gasteiger charge is -2.14. The van der Waals surface area contributed by atoms with E-state index in [2.05, 4.69) is 26.2 Å². The third-order valence-electron chi connectivity index (χ3n) is 2.05. The van der Waals surface area contributed by atoms with Gasteiger partial charge >= 0.3 is 0 Å². The van der Waals surface area contributed by atoms with Gasteiger partial charge in [0, 0.05) is 6.20 Å². The lowest BCUT2D eigenvalue weighted by atomic mass is 10.2. The van der Waals surface area contributed by atoms with Crippen molar-refractivity contribution in [3.05, 3.63) is 28.5 Å². The molecule has 0 aliphatic rings. The molecule has 0 aromatic carbocycles. The fraction of sp³-hybridized carbons (Fsp3) is 0.400. The molecule has 1 aromatic heterocycles. The molecule has 1 aromatic rings. The van der Waals surface area contributed by atoms with Crippen molar-refractivity contribution in [2.45, 2.75) is 19.4 Å². The molecule has 0 saturated heterocycles. The molecular formula is C10H13BrN2O2. The fourth-order valence-corrected chi connectivity index (χ4v) is 1.53. The van der Waals surface area contributed by atoms with E-state index in [4.69, 9.17) is 5.11 Å². The van der Waals surface area contributed by atoms with Crippen molar-refractivity contribution >= 4 is 21.8 Å².